The molecule has 1 amide bonds. The second-order valence-corrected chi connectivity index (χ2v) is 7.49. The fraction of sp³-hybridized carbons (Fsp3) is 0.238. The molecule has 3 rings (SSSR count). The van der Waals surface area contributed by atoms with E-state index >= 15 is 0 Å². The number of aromatic nitrogens is 1. The van der Waals surface area contributed by atoms with Gasteiger partial charge in [-0.05, 0) is 42.5 Å². The van der Waals surface area contributed by atoms with Gasteiger partial charge < -0.3 is 19.5 Å². The van der Waals surface area contributed by atoms with Crippen LogP contribution in [0.5, 0.6) is 17.2 Å². The minimum absolute atomic E-state index is 0.120. The Morgan fingerprint density at radius 1 is 1.10 bits per heavy atom. The molecule has 1 heterocycles. The molecule has 0 radical (unpaired) electrons. The molecule has 0 aliphatic heterocycles. The summed E-state index contributed by atoms with van der Waals surface area (Å²) in [5.41, 5.74) is 1.55. The van der Waals surface area contributed by atoms with Crippen LogP contribution in [0.25, 0.3) is 0 Å². The van der Waals surface area contributed by atoms with Crippen LogP contribution in [0, 0.1) is 0 Å². The van der Waals surface area contributed by atoms with Crippen molar-refractivity contribution in [2.24, 2.45) is 0 Å². The van der Waals surface area contributed by atoms with Crippen LogP contribution < -0.4 is 19.5 Å². The molecule has 29 heavy (non-hydrogen) atoms. The molecule has 152 valence electrons. The van der Waals surface area contributed by atoms with Gasteiger partial charge in [-0.3, -0.25) is 4.79 Å². The molecule has 1 N–H and O–H groups in total. The summed E-state index contributed by atoms with van der Waals surface area (Å²) in [7, 11) is 3.19. The number of halogens is 1. The lowest BCUT2D eigenvalue weighted by atomic mass is 10.2. The summed E-state index contributed by atoms with van der Waals surface area (Å²) >= 11 is 7.32. The molecule has 0 unspecified atom stereocenters. The van der Waals surface area contributed by atoms with Gasteiger partial charge >= 0.3 is 0 Å². The highest BCUT2D eigenvalue weighted by molar-refractivity contribution is 7.09. The molecule has 0 aliphatic rings. The first kappa shape index (κ1) is 21.0. The van der Waals surface area contributed by atoms with Crippen molar-refractivity contribution in [3.63, 3.8) is 0 Å². The minimum Gasteiger partial charge on any atom is -0.497 e. The maximum absolute atomic E-state index is 12.3. The van der Waals surface area contributed by atoms with Gasteiger partial charge in [0.25, 0.3) is 0 Å². The molecule has 6 nitrogen and oxygen atoms in total. The van der Waals surface area contributed by atoms with Crippen LogP contribution in [0.15, 0.2) is 47.8 Å². The Labute approximate surface area is 178 Å². The van der Waals surface area contributed by atoms with Crippen molar-refractivity contribution in [2.75, 3.05) is 14.2 Å². The molecule has 3 aromatic rings. The summed E-state index contributed by atoms with van der Waals surface area (Å²) in [6.45, 7) is 0.685. The number of nitrogens with zero attached hydrogens (tertiary/aromatic N) is 1. The fourth-order valence-electron chi connectivity index (χ4n) is 2.61. The maximum Gasteiger partial charge on any atom is 0.226 e. The molecule has 0 spiro atoms. The quantitative estimate of drug-likeness (QED) is 0.547. The molecule has 0 aliphatic carbocycles. The van der Waals surface area contributed by atoms with Crippen LogP contribution in [0.2, 0.25) is 5.02 Å². The van der Waals surface area contributed by atoms with Gasteiger partial charge in [0.15, 0.2) is 0 Å². The molecular formula is C21H21ClN2O4S. The third-order valence-corrected chi connectivity index (χ3v) is 5.20. The summed E-state index contributed by atoms with van der Waals surface area (Å²) in [5, 5.41) is 6.22. The number of hydrogen-bond donors (Lipinski definition) is 1. The number of methoxy groups -OCH3 is 2. The van der Waals surface area contributed by atoms with Crippen molar-refractivity contribution >= 4 is 28.8 Å². The summed E-state index contributed by atoms with van der Waals surface area (Å²) in [6.07, 6.45) is 0.198. The monoisotopic (exact) mass is 432 g/mol. The molecule has 0 saturated carbocycles. The summed E-state index contributed by atoms with van der Waals surface area (Å²) in [4.78, 5) is 16.8. The van der Waals surface area contributed by atoms with Crippen molar-refractivity contribution in [2.45, 2.75) is 19.6 Å². The van der Waals surface area contributed by atoms with E-state index < -0.39 is 0 Å². The van der Waals surface area contributed by atoms with Crippen molar-refractivity contribution in [1.29, 1.82) is 0 Å². The second kappa shape index (κ2) is 10.1. The molecular weight excluding hydrogens is 412 g/mol. The van der Waals surface area contributed by atoms with Crippen molar-refractivity contribution < 1.29 is 19.0 Å². The summed E-state index contributed by atoms with van der Waals surface area (Å²) < 4.78 is 16.2. The van der Waals surface area contributed by atoms with E-state index in [0.29, 0.717) is 35.4 Å². The number of amides is 1. The highest BCUT2D eigenvalue weighted by atomic mass is 35.5. The van der Waals surface area contributed by atoms with Gasteiger partial charge in [-0.2, -0.15) is 0 Å². The highest BCUT2D eigenvalue weighted by Crippen LogP contribution is 2.24. The topological polar surface area (TPSA) is 69.7 Å². The fourth-order valence-corrected chi connectivity index (χ4v) is 3.44. The van der Waals surface area contributed by atoms with Gasteiger partial charge in [-0.15, -0.1) is 11.3 Å². The molecule has 0 bridgehead atoms. The van der Waals surface area contributed by atoms with Crippen LogP contribution in [0.1, 0.15) is 16.3 Å². The van der Waals surface area contributed by atoms with Gasteiger partial charge in [-0.25, -0.2) is 4.98 Å². The Kier molecular flexibility index (Phi) is 7.32. The zero-order valence-electron chi connectivity index (χ0n) is 16.1. The van der Waals surface area contributed by atoms with E-state index in [1.54, 1.807) is 38.5 Å². The molecule has 8 heteroatoms. The smallest absolute Gasteiger partial charge is 0.226 e. The van der Waals surface area contributed by atoms with Crippen LogP contribution >= 0.6 is 22.9 Å². The molecule has 0 saturated heterocycles. The second-order valence-electron chi connectivity index (χ2n) is 6.11. The third kappa shape index (κ3) is 6.10. The SMILES string of the molecule is COc1ccc(OC)c(CNC(=O)Cc2csc(COc3ccc(Cl)cc3)n2)c1. The van der Waals surface area contributed by atoms with Crippen LogP contribution in [-0.4, -0.2) is 25.1 Å². The highest BCUT2D eigenvalue weighted by Gasteiger charge is 2.11. The molecule has 1 aromatic heterocycles. The molecule has 2 aromatic carbocycles. The zero-order chi connectivity index (χ0) is 20.6. The number of ether oxygens (including phenoxy) is 3. The number of nitrogens with one attached hydrogen (secondary N) is 1. The average molecular weight is 433 g/mol. The number of carbonyl (C=O) groups is 1. The van der Waals surface area contributed by atoms with Crippen molar-refractivity contribution in [1.82, 2.24) is 10.3 Å². The summed E-state index contributed by atoms with van der Waals surface area (Å²) in [5.74, 6) is 2.00. The van der Waals surface area contributed by atoms with E-state index in [-0.39, 0.29) is 12.3 Å². The lowest BCUT2D eigenvalue weighted by Gasteiger charge is -2.11. The first-order chi connectivity index (χ1) is 14.1. The van der Waals surface area contributed by atoms with Crippen LogP contribution in [-0.2, 0) is 24.4 Å². The first-order valence-electron chi connectivity index (χ1n) is 8.86. The molecule has 0 atom stereocenters. The minimum atomic E-state index is -0.120. The number of rotatable bonds is 9. The molecule has 0 fully saturated rings. The van der Waals surface area contributed by atoms with Gasteiger partial charge in [0.2, 0.25) is 5.91 Å². The maximum atomic E-state index is 12.3. The number of hydrogen-bond acceptors (Lipinski definition) is 6. The van der Waals surface area contributed by atoms with E-state index in [1.807, 2.05) is 23.6 Å². The normalized spacial score (nSPS) is 10.4. The van der Waals surface area contributed by atoms with E-state index in [2.05, 4.69) is 10.3 Å². The Bertz CT molecular complexity index is 960. The Morgan fingerprint density at radius 3 is 2.59 bits per heavy atom. The predicted molar refractivity (Wildman–Crippen MR) is 113 cm³/mol. The van der Waals surface area contributed by atoms with Gasteiger partial charge in [0.05, 0.1) is 26.3 Å². The van der Waals surface area contributed by atoms with Crippen LogP contribution in [0.4, 0.5) is 0 Å². The number of benzene rings is 2. The Morgan fingerprint density at radius 2 is 1.86 bits per heavy atom. The van der Waals surface area contributed by atoms with Gasteiger partial charge in [-0.1, -0.05) is 11.6 Å². The summed E-state index contributed by atoms with van der Waals surface area (Å²) in [6, 6.07) is 12.6. The third-order valence-electron chi connectivity index (χ3n) is 4.08. The predicted octanol–water partition coefficient (Wildman–Crippen LogP) is 4.25. The van der Waals surface area contributed by atoms with E-state index in [1.165, 1.54) is 11.3 Å². The van der Waals surface area contributed by atoms with Gasteiger partial charge in [0, 0.05) is 22.5 Å². The largest absolute Gasteiger partial charge is 0.497 e. The lowest BCUT2D eigenvalue weighted by molar-refractivity contribution is -0.120. The van der Waals surface area contributed by atoms with Crippen molar-refractivity contribution in [3.8, 4) is 17.2 Å². The van der Waals surface area contributed by atoms with E-state index in [0.717, 1.165) is 16.3 Å². The average Bonchev–Trinajstić information content (AvgIpc) is 3.18. The van der Waals surface area contributed by atoms with Crippen LogP contribution in [0.3, 0.4) is 0 Å². The Hall–Kier alpha value is -2.77. The van der Waals surface area contributed by atoms with E-state index in [9.17, 15) is 4.79 Å². The lowest BCUT2D eigenvalue weighted by Crippen LogP contribution is -2.25. The number of thiazole rings is 1. The van der Waals surface area contributed by atoms with Crippen molar-refractivity contribution in [3.05, 3.63) is 69.1 Å². The standard InChI is InChI=1S/C21H21ClN2O4S/c1-26-18-7-8-19(27-2)14(9-18)11-23-20(25)10-16-13-29-21(24-16)12-28-17-5-3-15(22)4-6-17/h3-9,13H,10-12H2,1-2H3,(H,23,25). The number of carbonyl (C=O) groups excluding carboxylic acids is 1. The Balaban J connectivity index is 1.50. The first-order valence-corrected chi connectivity index (χ1v) is 10.1. The van der Waals surface area contributed by atoms with E-state index in [4.69, 9.17) is 25.8 Å². The zero-order valence-corrected chi connectivity index (χ0v) is 17.7. The van der Waals surface area contributed by atoms with Gasteiger partial charge in [0.1, 0.15) is 28.9 Å².